The van der Waals surface area contributed by atoms with E-state index in [0.717, 1.165) is 10.2 Å². The van der Waals surface area contributed by atoms with E-state index in [2.05, 4.69) is 52.4 Å². The molecule has 0 spiro atoms. The molecule has 0 amide bonds. The second-order valence-electron chi connectivity index (χ2n) is 4.34. The van der Waals surface area contributed by atoms with Crippen molar-refractivity contribution in [3.63, 3.8) is 0 Å². The Morgan fingerprint density at radius 3 is 2.95 bits per heavy atom. The van der Waals surface area contributed by atoms with Crippen molar-refractivity contribution in [3.05, 3.63) is 41.3 Å². The van der Waals surface area contributed by atoms with Gasteiger partial charge in [-0.2, -0.15) is 0 Å². The van der Waals surface area contributed by atoms with Gasteiger partial charge in [-0.05, 0) is 18.2 Å². The minimum atomic E-state index is 0.355. The molecule has 0 saturated heterocycles. The number of benzene rings is 1. The van der Waals surface area contributed by atoms with Crippen LogP contribution in [0.2, 0.25) is 0 Å². The van der Waals surface area contributed by atoms with Gasteiger partial charge < -0.3 is 10.6 Å². The Labute approximate surface area is 135 Å². The second kappa shape index (κ2) is 6.37. The van der Waals surface area contributed by atoms with Crippen LogP contribution in [0.3, 0.4) is 0 Å². The minimum absolute atomic E-state index is 0.355. The lowest BCUT2D eigenvalue weighted by Gasteiger charge is -2.09. The summed E-state index contributed by atoms with van der Waals surface area (Å²) in [4.78, 5) is 17.0. The van der Waals surface area contributed by atoms with Crippen LogP contribution in [0, 0.1) is 12.3 Å². The maximum absolute atomic E-state index is 5.23. The monoisotopic (exact) mass is 354 g/mol. The first-order valence-electron chi connectivity index (χ1n) is 6.44. The van der Waals surface area contributed by atoms with Crippen LogP contribution < -0.4 is 10.6 Å². The molecule has 0 aliphatic carbocycles. The Kier molecular flexibility index (Phi) is 4.12. The normalized spacial score (nSPS) is 10.2. The van der Waals surface area contributed by atoms with Crippen molar-refractivity contribution in [1.29, 1.82) is 0 Å². The summed E-state index contributed by atoms with van der Waals surface area (Å²) < 4.78 is 0.974. The number of fused-ring (bicyclic) bond motifs is 1. The highest BCUT2D eigenvalue weighted by molar-refractivity contribution is 9.10. The molecule has 0 atom stereocenters. The lowest BCUT2D eigenvalue weighted by molar-refractivity contribution is 1.12. The highest BCUT2D eigenvalue weighted by Crippen LogP contribution is 2.23. The van der Waals surface area contributed by atoms with Crippen LogP contribution in [-0.4, -0.2) is 26.5 Å². The molecule has 7 heteroatoms. The van der Waals surface area contributed by atoms with Crippen molar-refractivity contribution in [1.82, 2.24) is 19.9 Å². The van der Waals surface area contributed by atoms with E-state index in [1.807, 2.05) is 24.3 Å². The first kappa shape index (κ1) is 14.2. The zero-order valence-electron chi connectivity index (χ0n) is 11.4. The third-order valence-electron chi connectivity index (χ3n) is 2.81. The average Bonchev–Trinajstić information content (AvgIpc) is 2.53. The molecule has 0 radical (unpaired) electrons. The van der Waals surface area contributed by atoms with Crippen LogP contribution in [0.15, 0.2) is 41.3 Å². The number of terminal acetylenes is 1. The topological polar surface area (TPSA) is 75.6 Å². The summed E-state index contributed by atoms with van der Waals surface area (Å²) >= 11 is 3.44. The molecule has 2 heterocycles. The molecule has 2 aromatic heterocycles. The van der Waals surface area contributed by atoms with Crippen molar-refractivity contribution >= 4 is 44.4 Å². The van der Waals surface area contributed by atoms with Gasteiger partial charge in [-0.25, -0.2) is 19.9 Å². The lowest BCUT2D eigenvalue weighted by atomic mass is 10.3. The Balaban J connectivity index is 1.99. The number of halogens is 1. The first-order chi connectivity index (χ1) is 10.8. The highest BCUT2D eigenvalue weighted by atomic mass is 79.9. The van der Waals surface area contributed by atoms with E-state index in [0.29, 0.717) is 29.3 Å². The first-order valence-corrected chi connectivity index (χ1v) is 7.23. The smallest absolute Gasteiger partial charge is 0.224 e. The summed E-state index contributed by atoms with van der Waals surface area (Å²) in [6.45, 7) is 0.355. The van der Waals surface area contributed by atoms with Crippen molar-refractivity contribution in [3.8, 4) is 12.3 Å². The number of nitrogens with one attached hydrogen (secondary N) is 2. The Bertz CT molecular complexity index is 858. The molecule has 3 rings (SSSR count). The SMILES string of the molecule is C#CCNc1ncc2ncnc(Nc3cccc(Br)c3)c2n1. The van der Waals surface area contributed by atoms with E-state index in [1.54, 1.807) is 6.20 Å². The second-order valence-corrected chi connectivity index (χ2v) is 5.26. The summed E-state index contributed by atoms with van der Waals surface area (Å²) in [7, 11) is 0. The van der Waals surface area contributed by atoms with Gasteiger partial charge in [-0.15, -0.1) is 6.42 Å². The predicted molar refractivity (Wildman–Crippen MR) is 89.9 cm³/mol. The number of aromatic nitrogens is 4. The molecule has 6 nitrogen and oxygen atoms in total. The average molecular weight is 355 g/mol. The molecule has 108 valence electrons. The zero-order valence-corrected chi connectivity index (χ0v) is 13.0. The lowest BCUT2D eigenvalue weighted by Crippen LogP contribution is -2.05. The number of hydrogen-bond acceptors (Lipinski definition) is 6. The Morgan fingerprint density at radius 1 is 1.23 bits per heavy atom. The van der Waals surface area contributed by atoms with Crippen LogP contribution in [0.25, 0.3) is 11.0 Å². The zero-order chi connectivity index (χ0) is 15.4. The fraction of sp³-hybridized carbons (Fsp3) is 0.0667. The number of nitrogens with zero attached hydrogens (tertiary/aromatic N) is 4. The fourth-order valence-electron chi connectivity index (χ4n) is 1.86. The van der Waals surface area contributed by atoms with Crippen LogP contribution in [0.5, 0.6) is 0 Å². The molecular weight excluding hydrogens is 344 g/mol. The molecule has 0 aliphatic rings. The van der Waals surface area contributed by atoms with Gasteiger partial charge in [-0.3, -0.25) is 0 Å². The van der Waals surface area contributed by atoms with Gasteiger partial charge in [0.2, 0.25) is 5.95 Å². The molecule has 0 unspecified atom stereocenters. The van der Waals surface area contributed by atoms with E-state index in [1.165, 1.54) is 6.33 Å². The van der Waals surface area contributed by atoms with Gasteiger partial charge in [0.25, 0.3) is 0 Å². The maximum atomic E-state index is 5.23. The summed E-state index contributed by atoms with van der Waals surface area (Å²) in [6.07, 6.45) is 8.33. The van der Waals surface area contributed by atoms with Gasteiger partial charge in [0.05, 0.1) is 12.7 Å². The highest BCUT2D eigenvalue weighted by Gasteiger charge is 2.08. The van der Waals surface area contributed by atoms with E-state index in [9.17, 15) is 0 Å². The molecule has 3 aromatic rings. The summed E-state index contributed by atoms with van der Waals surface area (Å²) in [5, 5.41) is 6.17. The largest absolute Gasteiger partial charge is 0.343 e. The fourth-order valence-corrected chi connectivity index (χ4v) is 2.26. The molecule has 22 heavy (non-hydrogen) atoms. The number of rotatable bonds is 4. The molecule has 0 saturated carbocycles. The van der Waals surface area contributed by atoms with Crippen molar-refractivity contribution in [2.75, 3.05) is 17.2 Å². The van der Waals surface area contributed by atoms with Crippen molar-refractivity contribution in [2.45, 2.75) is 0 Å². The van der Waals surface area contributed by atoms with Crippen LogP contribution in [-0.2, 0) is 0 Å². The van der Waals surface area contributed by atoms with Gasteiger partial charge >= 0.3 is 0 Å². The van der Waals surface area contributed by atoms with E-state index >= 15 is 0 Å². The van der Waals surface area contributed by atoms with E-state index in [-0.39, 0.29) is 0 Å². The predicted octanol–water partition coefficient (Wildman–Crippen LogP) is 2.97. The number of hydrogen-bond donors (Lipinski definition) is 2. The summed E-state index contributed by atoms with van der Waals surface area (Å²) in [5.74, 6) is 3.53. The van der Waals surface area contributed by atoms with Crippen molar-refractivity contribution in [2.24, 2.45) is 0 Å². The standard InChI is InChI=1S/C15H11BrN6/c1-2-6-17-15-18-8-12-13(22-15)14(20-9-19-12)21-11-5-3-4-10(16)7-11/h1,3-5,7-9H,6H2,(H,17,18,22)(H,19,20,21). The molecule has 1 aromatic carbocycles. The van der Waals surface area contributed by atoms with Crippen LogP contribution in [0.1, 0.15) is 0 Å². The molecule has 0 aliphatic heterocycles. The van der Waals surface area contributed by atoms with E-state index in [4.69, 9.17) is 6.42 Å². The molecular formula is C15H11BrN6. The molecule has 2 N–H and O–H groups in total. The van der Waals surface area contributed by atoms with Gasteiger partial charge in [0.15, 0.2) is 5.82 Å². The van der Waals surface area contributed by atoms with Gasteiger partial charge in [-0.1, -0.05) is 27.9 Å². The Hall–Kier alpha value is -2.72. The van der Waals surface area contributed by atoms with Crippen LogP contribution >= 0.6 is 15.9 Å². The quantitative estimate of drug-likeness (QED) is 0.701. The maximum Gasteiger partial charge on any atom is 0.224 e. The third-order valence-corrected chi connectivity index (χ3v) is 3.31. The van der Waals surface area contributed by atoms with Crippen LogP contribution in [0.4, 0.5) is 17.5 Å². The summed E-state index contributed by atoms with van der Waals surface area (Å²) in [5.41, 5.74) is 2.17. The minimum Gasteiger partial charge on any atom is -0.343 e. The number of anilines is 3. The molecule has 0 fully saturated rings. The third kappa shape index (κ3) is 3.13. The van der Waals surface area contributed by atoms with E-state index < -0.39 is 0 Å². The molecule has 0 bridgehead atoms. The summed E-state index contributed by atoms with van der Waals surface area (Å²) in [6, 6.07) is 7.78. The Morgan fingerprint density at radius 2 is 2.14 bits per heavy atom. The van der Waals surface area contributed by atoms with Crippen molar-refractivity contribution < 1.29 is 0 Å². The van der Waals surface area contributed by atoms with Gasteiger partial charge in [0.1, 0.15) is 17.4 Å². The van der Waals surface area contributed by atoms with Gasteiger partial charge in [0, 0.05) is 10.2 Å².